The third kappa shape index (κ3) is 3.48. The van der Waals surface area contributed by atoms with Crippen molar-refractivity contribution in [2.45, 2.75) is 32.9 Å². The Hall–Kier alpha value is -3.20. The van der Waals surface area contributed by atoms with Crippen molar-refractivity contribution in [3.63, 3.8) is 0 Å². The van der Waals surface area contributed by atoms with Crippen molar-refractivity contribution in [3.05, 3.63) is 58.8 Å². The molecule has 31 heavy (non-hydrogen) atoms. The fourth-order valence-electron chi connectivity index (χ4n) is 3.51. The van der Waals surface area contributed by atoms with Gasteiger partial charge in [0.05, 0.1) is 5.56 Å². The predicted molar refractivity (Wildman–Crippen MR) is 110 cm³/mol. The van der Waals surface area contributed by atoms with Crippen LogP contribution in [0, 0.1) is 17.5 Å². The van der Waals surface area contributed by atoms with Crippen LogP contribution in [-0.4, -0.2) is 24.9 Å². The molecular formula is C21H18ClF3N4O2. The van der Waals surface area contributed by atoms with Gasteiger partial charge in [0.15, 0.2) is 40.5 Å². The molecular weight excluding hydrogens is 433 g/mol. The number of aromatic hydroxyl groups is 1. The Morgan fingerprint density at radius 2 is 1.81 bits per heavy atom. The molecule has 2 aromatic carbocycles. The van der Waals surface area contributed by atoms with E-state index in [4.69, 9.17) is 16.3 Å². The van der Waals surface area contributed by atoms with Crippen molar-refractivity contribution < 1.29 is 23.0 Å². The number of hydrogen-bond acceptors (Lipinski definition) is 4. The number of benzene rings is 2. The van der Waals surface area contributed by atoms with Crippen molar-refractivity contribution in [2.24, 2.45) is 0 Å². The molecule has 6 nitrogen and oxygen atoms in total. The molecule has 4 rings (SSSR count). The minimum Gasteiger partial charge on any atom is -0.494 e. The lowest BCUT2D eigenvalue weighted by Gasteiger charge is -2.26. The van der Waals surface area contributed by atoms with Crippen molar-refractivity contribution >= 4 is 22.4 Å². The highest BCUT2D eigenvalue weighted by Crippen LogP contribution is 2.36. The van der Waals surface area contributed by atoms with Crippen LogP contribution < -0.4 is 4.74 Å². The van der Waals surface area contributed by atoms with E-state index in [-0.39, 0.29) is 33.5 Å². The van der Waals surface area contributed by atoms with E-state index < -0.39 is 28.8 Å². The van der Waals surface area contributed by atoms with Crippen molar-refractivity contribution in [3.8, 4) is 23.0 Å². The number of nitrogens with one attached hydrogen (secondary N) is 1. The maximum absolute atomic E-state index is 15.1. The minimum atomic E-state index is -1.32. The SMILES string of the molecule is CCn1c(-c2ccc3c(O)[nH]cc3c2F)nnc1C(C)(C)Oc1c(F)cc(Cl)cc1F. The Kier molecular flexibility index (Phi) is 5.09. The fourth-order valence-corrected chi connectivity index (χ4v) is 3.70. The average Bonchev–Trinajstić information content (AvgIpc) is 3.30. The first-order valence-corrected chi connectivity index (χ1v) is 9.78. The van der Waals surface area contributed by atoms with Gasteiger partial charge in [-0.2, -0.15) is 0 Å². The predicted octanol–water partition coefficient (Wildman–Crippen LogP) is 5.54. The molecule has 0 unspecified atom stereocenters. The summed E-state index contributed by atoms with van der Waals surface area (Å²) >= 11 is 5.67. The third-order valence-electron chi connectivity index (χ3n) is 4.95. The zero-order chi connectivity index (χ0) is 22.5. The largest absolute Gasteiger partial charge is 0.494 e. The monoisotopic (exact) mass is 450 g/mol. The van der Waals surface area contributed by atoms with Gasteiger partial charge in [-0.15, -0.1) is 10.2 Å². The standard InChI is InChI=1S/C21H18ClF3N4O2/c1-4-29-18(12-6-5-11-13(16(12)25)9-26-19(11)30)27-28-20(29)21(2,3)31-17-14(23)7-10(22)8-15(17)24/h5-9,26,30H,4H2,1-3H3. The van der Waals surface area contributed by atoms with Gasteiger partial charge in [-0.3, -0.25) is 0 Å². The smallest absolute Gasteiger partial charge is 0.196 e. The molecule has 0 saturated heterocycles. The summed E-state index contributed by atoms with van der Waals surface area (Å²) in [5, 5.41) is 18.4. The van der Waals surface area contributed by atoms with Gasteiger partial charge in [-0.1, -0.05) is 11.6 Å². The number of hydrogen-bond donors (Lipinski definition) is 2. The molecule has 2 heterocycles. The van der Waals surface area contributed by atoms with Crippen molar-refractivity contribution in [1.29, 1.82) is 0 Å². The summed E-state index contributed by atoms with van der Waals surface area (Å²) in [6, 6.07) is 4.94. The number of ether oxygens (including phenoxy) is 1. The maximum Gasteiger partial charge on any atom is 0.196 e. The Balaban J connectivity index is 1.79. The molecule has 0 amide bonds. The summed E-state index contributed by atoms with van der Waals surface area (Å²) in [7, 11) is 0. The van der Waals surface area contributed by atoms with Crippen LogP contribution in [0.25, 0.3) is 22.2 Å². The molecule has 0 aliphatic heterocycles. The van der Waals surface area contributed by atoms with Gasteiger partial charge in [0, 0.05) is 28.5 Å². The lowest BCUT2D eigenvalue weighted by molar-refractivity contribution is 0.0827. The zero-order valence-corrected chi connectivity index (χ0v) is 17.6. The van der Waals surface area contributed by atoms with E-state index >= 15 is 4.39 Å². The molecule has 4 aromatic rings. The second kappa shape index (κ2) is 7.49. The number of H-pyrrole nitrogens is 1. The molecule has 162 valence electrons. The highest BCUT2D eigenvalue weighted by molar-refractivity contribution is 6.30. The van der Waals surface area contributed by atoms with E-state index in [1.54, 1.807) is 31.4 Å². The Morgan fingerprint density at radius 1 is 1.13 bits per heavy atom. The molecule has 0 aliphatic rings. The first-order valence-electron chi connectivity index (χ1n) is 9.40. The maximum atomic E-state index is 15.1. The lowest BCUT2D eigenvalue weighted by Crippen LogP contribution is -2.30. The molecule has 0 atom stereocenters. The van der Waals surface area contributed by atoms with E-state index in [1.807, 2.05) is 0 Å². The van der Waals surface area contributed by atoms with Crippen molar-refractivity contribution in [2.75, 3.05) is 0 Å². The second-order valence-corrected chi connectivity index (χ2v) is 7.86. The lowest BCUT2D eigenvalue weighted by atomic mass is 10.1. The normalized spacial score (nSPS) is 12.0. The molecule has 0 aliphatic carbocycles. The molecule has 0 saturated carbocycles. The second-order valence-electron chi connectivity index (χ2n) is 7.43. The molecule has 0 spiro atoms. The van der Waals surface area contributed by atoms with Gasteiger partial charge < -0.3 is 19.4 Å². The number of nitrogens with zero attached hydrogens (tertiary/aromatic N) is 3. The van der Waals surface area contributed by atoms with Gasteiger partial charge in [-0.05, 0) is 45.0 Å². The van der Waals surface area contributed by atoms with E-state index in [0.717, 1.165) is 12.1 Å². The Labute approximate surface area is 180 Å². The molecule has 10 heteroatoms. The van der Waals surface area contributed by atoms with Crippen LogP contribution in [0.4, 0.5) is 13.2 Å². The number of rotatable bonds is 5. The summed E-state index contributed by atoms with van der Waals surface area (Å²) in [5.41, 5.74) is -1.16. The summed E-state index contributed by atoms with van der Waals surface area (Å²) in [4.78, 5) is 2.57. The van der Waals surface area contributed by atoms with Gasteiger partial charge in [0.25, 0.3) is 0 Å². The highest BCUT2D eigenvalue weighted by atomic mass is 35.5. The quantitative estimate of drug-likeness (QED) is 0.419. The summed E-state index contributed by atoms with van der Waals surface area (Å²) in [5.74, 6) is -2.77. The number of halogens is 4. The highest BCUT2D eigenvalue weighted by Gasteiger charge is 2.33. The fraction of sp³-hybridized carbons (Fsp3) is 0.238. The van der Waals surface area contributed by atoms with Gasteiger partial charge in [-0.25, -0.2) is 13.2 Å². The van der Waals surface area contributed by atoms with Crippen molar-refractivity contribution in [1.82, 2.24) is 19.7 Å². The molecule has 0 fully saturated rings. The van der Waals surface area contributed by atoms with E-state index in [2.05, 4.69) is 15.2 Å². The summed E-state index contributed by atoms with van der Waals surface area (Å²) < 4.78 is 50.9. The number of aromatic nitrogens is 4. The third-order valence-corrected chi connectivity index (χ3v) is 5.17. The van der Waals surface area contributed by atoms with Gasteiger partial charge >= 0.3 is 0 Å². The van der Waals surface area contributed by atoms with Gasteiger partial charge in [0.2, 0.25) is 0 Å². The number of fused-ring (bicyclic) bond motifs is 1. The zero-order valence-electron chi connectivity index (χ0n) is 16.8. The van der Waals surface area contributed by atoms with Crippen LogP contribution in [0.1, 0.15) is 26.6 Å². The molecule has 0 radical (unpaired) electrons. The first kappa shape index (κ1) is 21.0. The Morgan fingerprint density at radius 3 is 2.45 bits per heavy atom. The summed E-state index contributed by atoms with van der Waals surface area (Å²) in [6.45, 7) is 5.29. The molecule has 2 aromatic heterocycles. The first-order chi connectivity index (χ1) is 14.6. The van der Waals surface area contributed by atoms with Crippen LogP contribution in [0.5, 0.6) is 11.6 Å². The van der Waals surface area contributed by atoms with Crippen LogP contribution in [0.3, 0.4) is 0 Å². The number of aromatic amines is 1. The van der Waals surface area contributed by atoms with Crippen LogP contribution in [0.15, 0.2) is 30.5 Å². The van der Waals surface area contributed by atoms with Gasteiger partial charge in [0.1, 0.15) is 5.82 Å². The summed E-state index contributed by atoms with van der Waals surface area (Å²) in [6.07, 6.45) is 1.36. The van der Waals surface area contributed by atoms with E-state index in [1.165, 1.54) is 12.3 Å². The van der Waals surface area contributed by atoms with Crippen LogP contribution in [-0.2, 0) is 12.1 Å². The van der Waals surface area contributed by atoms with E-state index in [9.17, 15) is 13.9 Å². The topological polar surface area (TPSA) is 76.0 Å². The average molecular weight is 451 g/mol. The Bertz CT molecular complexity index is 1280. The molecule has 2 N–H and O–H groups in total. The molecule has 0 bridgehead atoms. The van der Waals surface area contributed by atoms with Crippen LogP contribution in [0.2, 0.25) is 5.02 Å². The minimum absolute atomic E-state index is 0.0965. The van der Waals surface area contributed by atoms with Crippen LogP contribution >= 0.6 is 11.6 Å². The van der Waals surface area contributed by atoms with E-state index in [0.29, 0.717) is 11.9 Å².